The summed E-state index contributed by atoms with van der Waals surface area (Å²) in [7, 11) is 4.97. The van der Waals surface area contributed by atoms with Crippen molar-refractivity contribution >= 4 is 23.2 Å². The van der Waals surface area contributed by atoms with Crippen LogP contribution in [0.4, 0.5) is 5.69 Å². The molecule has 3 aromatic carbocycles. The monoisotopic (exact) mass is 431 g/mol. The number of thioether (sulfide) groups is 1. The third kappa shape index (κ3) is 3.47. The molecule has 5 rings (SSSR count). The predicted molar refractivity (Wildman–Crippen MR) is 126 cm³/mol. The summed E-state index contributed by atoms with van der Waals surface area (Å²) in [4.78, 5) is 6.40. The molecule has 1 heterocycles. The highest BCUT2D eigenvalue weighted by Crippen LogP contribution is 2.53. The molecular formula is C26H25NO3S. The van der Waals surface area contributed by atoms with Gasteiger partial charge in [0.2, 0.25) is 5.75 Å². The fourth-order valence-electron chi connectivity index (χ4n) is 4.64. The molecule has 158 valence electrons. The van der Waals surface area contributed by atoms with Crippen molar-refractivity contribution in [1.29, 1.82) is 0 Å². The van der Waals surface area contributed by atoms with Crippen molar-refractivity contribution in [1.82, 2.24) is 0 Å². The Morgan fingerprint density at radius 1 is 0.871 bits per heavy atom. The first kappa shape index (κ1) is 20.0. The Hall–Kier alpha value is -2.92. The van der Waals surface area contributed by atoms with E-state index >= 15 is 0 Å². The molecule has 0 saturated carbocycles. The van der Waals surface area contributed by atoms with E-state index in [4.69, 9.17) is 19.2 Å². The van der Waals surface area contributed by atoms with Crippen molar-refractivity contribution in [3.8, 4) is 17.2 Å². The van der Waals surface area contributed by atoms with Crippen LogP contribution in [0.5, 0.6) is 17.2 Å². The largest absolute Gasteiger partial charge is 0.493 e. The summed E-state index contributed by atoms with van der Waals surface area (Å²) in [6.45, 7) is 0. The van der Waals surface area contributed by atoms with Crippen LogP contribution in [0.2, 0.25) is 0 Å². The second-order valence-electron chi connectivity index (χ2n) is 7.76. The minimum absolute atomic E-state index is 0.185. The van der Waals surface area contributed by atoms with Crippen LogP contribution in [0.25, 0.3) is 0 Å². The number of hydrogen-bond donors (Lipinski definition) is 0. The van der Waals surface area contributed by atoms with Crippen LogP contribution in [0.3, 0.4) is 0 Å². The second-order valence-corrected chi connectivity index (χ2v) is 8.95. The van der Waals surface area contributed by atoms with E-state index in [9.17, 15) is 0 Å². The molecule has 31 heavy (non-hydrogen) atoms. The molecule has 0 bridgehead atoms. The summed E-state index contributed by atoms with van der Waals surface area (Å²) in [6.07, 6.45) is 2.11. The SMILES string of the molecule is COc1cc([C@@H]2Sc3ccccc3N=C3c4ccccc4CC[C@@H]32)cc(OC)c1OC. The first-order valence-electron chi connectivity index (χ1n) is 10.5. The van der Waals surface area contributed by atoms with E-state index in [-0.39, 0.29) is 11.2 Å². The first-order valence-corrected chi connectivity index (χ1v) is 11.3. The van der Waals surface area contributed by atoms with Gasteiger partial charge in [0.25, 0.3) is 0 Å². The number of ether oxygens (including phenoxy) is 3. The smallest absolute Gasteiger partial charge is 0.203 e. The summed E-state index contributed by atoms with van der Waals surface area (Å²) < 4.78 is 16.9. The highest BCUT2D eigenvalue weighted by molar-refractivity contribution is 7.99. The third-order valence-corrected chi connectivity index (χ3v) is 7.56. The summed E-state index contributed by atoms with van der Waals surface area (Å²) in [5.74, 6) is 2.28. The molecule has 2 atom stereocenters. The van der Waals surface area contributed by atoms with Crippen LogP contribution < -0.4 is 14.2 Å². The lowest BCUT2D eigenvalue weighted by Crippen LogP contribution is -2.27. The van der Waals surface area contributed by atoms with Gasteiger partial charge in [-0.2, -0.15) is 0 Å². The molecular weight excluding hydrogens is 406 g/mol. The van der Waals surface area contributed by atoms with Crippen LogP contribution in [-0.2, 0) is 6.42 Å². The standard InChI is InChI=1S/C26H25NO3S/c1-28-21-14-17(15-22(29-2)25(21)30-3)26-19-13-12-16-8-4-5-9-18(16)24(19)27-20-10-6-7-11-23(20)31-26/h4-11,14-15,19,26H,12-13H2,1-3H3/t19-,26-/m0/s1. The highest BCUT2D eigenvalue weighted by atomic mass is 32.2. The number of nitrogens with zero attached hydrogens (tertiary/aromatic N) is 1. The fraction of sp³-hybridized carbons (Fsp3) is 0.269. The Labute approximate surface area is 187 Å². The van der Waals surface area contributed by atoms with Gasteiger partial charge in [0.15, 0.2) is 11.5 Å². The van der Waals surface area contributed by atoms with Crippen molar-refractivity contribution < 1.29 is 14.2 Å². The Morgan fingerprint density at radius 2 is 1.58 bits per heavy atom. The molecule has 0 radical (unpaired) electrons. The maximum atomic E-state index is 5.66. The lowest BCUT2D eigenvalue weighted by Gasteiger charge is -2.32. The lowest BCUT2D eigenvalue weighted by atomic mass is 9.78. The zero-order valence-corrected chi connectivity index (χ0v) is 18.7. The molecule has 3 aromatic rings. The molecule has 0 amide bonds. The number of aliphatic imine (C=N–C) groups is 1. The zero-order chi connectivity index (χ0) is 21.4. The van der Waals surface area contributed by atoms with Crippen LogP contribution >= 0.6 is 11.8 Å². The van der Waals surface area contributed by atoms with Gasteiger partial charge in [0.05, 0.1) is 32.7 Å². The third-order valence-electron chi connectivity index (χ3n) is 6.11. The summed E-state index contributed by atoms with van der Waals surface area (Å²) >= 11 is 1.88. The number of methoxy groups -OCH3 is 3. The van der Waals surface area contributed by atoms with Crippen LogP contribution in [-0.4, -0.2) is 27.0 Å². The Morgan fingerprint density at radius 3 is 2.32 bits per heavy atom. The fourth-order valence-corrected chi connectivity index (χ4v) is 6.00. The van der Waals surface area contributed by atoms with Crippen molar-refractivity contribution in [2.75, 3.05) is 21.3 Å². The van der Waals surface area contributed by atoms with E-state index in [1.165, 1.54) is 21.7 Å². The summed E-state index contributed by atoms with van der Waals surface area (Å²) in [5, 5.41) is 0.185. The van der Waals surface area contributed by atoms with Gasteiger partial charge in [-0.3, -0.25) is 4.99 Å². The van der Waals surface area contributed by atoms with E-state index in [0.29, 0.717) is 17.2 Å². The lowest BCUT2D eigenvalue weighted by molar-refractivity contribution is 0.323. The van der Waals surface area contributed by atoms with Crippen LogP contribution in [0.1, 0.15) is 28.4 Å². The zero-order valence-electron chi connectivity index (χ0n) is 17.9. The molecule has 0 spiro atoms. The van der Waals surface area contributed by atoms with Gasteiger partial charge in [-0.1, -0.05) is 36.4 Å². The number of aryl methyl sites for hydroxylation is 1. The second kappa shape index (κ2) is 8.31. The molecule has 1 aliphatic carbocycles. The van der Waals surface area contributed by atoms with Gasteiger partial charge in [0.1, 0.15) is 0 Å². The number of para-hydroxylation sites is 1. The molecule has 2 aliphatic rings. The topological polar surface area (TPSA) is 40.0 Å². The number of rotatable bonds is 4. The van der Waals surface area contributed by atoms with E-state index in [2.05, 4.69) is 60.7 Å². The van der Waals surface area contributed by atoms with Crippen molar-refractivity contribution in [3.05, 3.63) is 77.4 Å². The van der Waals surface area contributed by atoms with E-state index < -0.39 is 0 Å². The van der Waals surface area contributed by atoms with Gasteiger partial charge in [-0.25, -0.2) is 0 Å². The van der Waals surface area contributed by atoms with Crippen molar-refractivity contribution in [2.24, 2.45) is 10.9 Å². The van der Waals surface area contributed by atoms with Crippen LogP contribution in [0, 0.1) is 5.92 Å². The number of fused-ring (bicyclic) bond motifs is 4. The molecule has 4 nitrogen and oxygen atoms in total. The normalized spacial score (nSPS) is 19.3. The number of hydrogen-bond acceptors (Lipinski definition) is 5. The highest BCUT2D eigenvalue weighted by Gasteiger charge is 2.36. The Bertz CT molecular complexity index is 1130. The van der Waals surface area contributed by atoms with Gasteiger partial charge < -0.3 is 14.2 Å². The molecule has 5 heteroatoms. The molecule has 0 saturated heterocycles. The molecule has 1 aliphatic heterocycles. The van der Waals surface area contributed by atoms with E-state index in [1.54, 1.807) is 21.3 Å². The molecule has 0 unspecified atom stereocenters. The summed E-state index contributed by atoms with van der Waals surface area (Å²) in [6, 6.07) is 21.3. The minimum Gasteiger partial charge on any atom is -0.493 e. The maximum absolute atomic E-state index is 5.66. The minimum atomic E-state index is 0.185. The Kier molecular flexibility index (Phi) is 5.36. The predicted octanol–water partition coefficient (Wildman–Crippen LogP) is 6.24. The number of benzene rings is 3. The first-order chi connectivity index (χ1) is 15.2. The van der Waals surface area contributed by atoms with Gasteiger partial charge in [-0.05, 0) is 53.8 Å². The van der Waals surface area contributed by atoms with Crippen molar-refractivity contribution in [2.45, 2.75) is 23.0 Å². The van der Waals surface area contributed by atoms with Gasteiger partial charge >= 0.3 is 0 Å². The van der Waals surface area contributed by atoms with Gasteiger partial charge in [0, 0.05) is 16.1 Å². The molecule has 0 aromatic heterocycles. The quantitative estimate of drug-likeness (QED) is 0.490. The van der Waals surface area contributed by atoms with Crippen molar-refractivity contribution in [3.63, 3.8) is 0 Å². The average molecular weight is 432 g/mol. The molecule has 0 fully saturated rings. The van der Waals surface area contributed by atoms with E-state index in [0.717, 1.165) is 24.1 Å². The van der Waals surface area contributed by atoms with E-state index in [1.807, 2.05) is 11.8 Å². The maximum Gasteiger partial charge on any atom is 0.203 e. The van der Waals surface area contributed by atoms with Gasteiger partial charge in [-0.15, -0.1) is 11.8 Å². The molecule has 0 N–H and O–H groups in total. The summed E-state index contributed by atoms with van der Waals surface area (Å²) in [5.41, 5.74) is 6.03. The van der Waals surface area contributed by atoms with Crippen LogP contribution in [0.15, 0.2) is 70.6 Å². The Balaban J connectivity index is 1.70. The average Bonchev–Trinajstić information content (AvgIpc) is 3.00.